The molecule has 104 valence electrons. The number of carboxylic acid groups (broad SMARTS) is 1. The van der Waals surface area contributed by atoms with Gasteiger partial charge >= 0.3 is 12.0 Å². The molecule has 0 aromatic carbocycles. The van der Waals surface area contributed by atoms with Gasteiger partial charge in [0.25, 0.3) is 0 Å². The molecule has 0 radical (unpaired) electrons. The lowest BCUT2D eigenvalue weighted by Crippen LogP contribution is -2.47. The monoisotopic (exact) mass is 266 g/mol. The molecule has 1 aliphatic rings. The van der Waals surface area contributed by atoms with Gasteiger partial charge in [0.05, 0.1) is 6.33 Å². The fourth-order valence-corrected chi connectivity index (χ4v) is 1.82. The summed E-state index contributed by atoms with van der Waals surface area (Å²) < 4.78 is 0. The maximum absolute atomic E-state index is 11.6. The summed E-state index contributed by atoms with van der Waals surface area (Å²) in [5, 5.41) is 14.2. The summed E-state index contributed by atoms with van der Waals surface area (Å²) in [4.78, 5) is 29.3. The summed E-state index contributed by atoms with van der Waals surface area (Å²) in [6.07, 6.45) is 6.64. The highest BCUT2D eigenvalue weighted by Crippen LogP contribution is 2.31. The SMILES string of the molecule is O=C(NCCC1CC1)NC(Cc1cnc[nH]1)C(=O)O. The number of H-pyrrole nitrogens is 1. The second-order valence-corrected chi connectivity index (χ2v) is 4.80. The number of nitrogens with one attached hydrogen (secondary N) is 3. The Morgan fingerprint density at radius 1 is 1.53 bits per heavy atom. The second-order valence-electron chi connectivity index (χ2n) is 4.80. The third kappa shape index (κ3) is 4.61. The van der Waals surface area contributed by atoms with Crippen LogP contribution in [0.25, 0.3) is 0 Å². The summed E-state index contributed by atoms with van der Waals surface area (Å²) in [5.41, 5.74) is 0.672. The molecular weight excluding hydrogens is 248 g/mol. The van der Waals surface area contributed by atoms with E-state index in [0.29, 0.717) is 12.2 Å². The average molecular weight is 266 g/mol. The molecule has 1 saturated carbocycles. The zero-order chi connectivity index (χ0) is 13.7. The van der Waals surface area contributed by atoms with E-state index in [2.05, 4.69) is 20.6 Å². The van der Waals surface area contributed by atoms with Crippen LogP contribution in [0.5, 0.6) is 0 Å². The van der Waals surface area contributed by atoms with Crippen molar-refractivity contribution in [3.8, 4) is 0 Å². The Morgan fingerprint density at radius 3 is 2.89 bits per heavy atom. The fourth-order valence-electron chi connectivity index (χ4n) is 1.82. The van der Waals surface area contributed by atoms with E-state index in [0.717, 1.165) is 12.3 Å². The molecule has 0 bridgehead atoms. The van der Waals surface area contributed by atoms with Crippen LogP contribution in [0.1, 0.15) is 25.0 Å². The van der Waals surface area contributed by atoms with Crippen LogP contribution in [0.4, 0.5) is 4.79 Å². The number of urea groups is 1. The van der Waals surface area contributed by atoms with Crippen molar-refractivity contribution in [1.29, 1.82) is 0 Å². The summed E-state index contributed by atoms with van der Waals surface area (Å²) in [5.74, 6) is -0.326. The van der Waals surface area contributed by atoms with E-state index >= 15 is 0 Å². The fraction of sp³-hybridized carbons (Fsp3) is 0.583. The largest absolute Gasteiger partial charge is 0.480 e. The molecule has 1 unspecified atom stereocenters. The van der Waals surface area contributed by atoms with E-state index < -0.39 is 18.0 Å². The van der Waals surface area contributed by atoms with E-state index in [1.54, 1.807) is 6.20 Å². The van der Waals surface area contributed by atoms with Crippen LogP contribution in [-0.2, 0) is 11.2 Å². The molecule has 0 saturated heterocycles. The van der Waals surface area contributed by atoms with Crippen molar-refractivity contribution in [1.82, 2.24) is 20.6 Å². The first-order valence-corrected chi connectivity index (χ1v) is 6.39. The van der Waals surface area contributed by atoms with Gasteiger partial charge in [0.1, 0.15) is 6.04 Å². The van der Waals surface area contributed by atoms with Gasteiger partial charge in [-0.2, -0.15) is 0 Å². The Labute approximate surface area is 110 Å². The van der Waals surface area contributed by atoms with Crippen LogP contribution in [0.15, 0.2) is 12.5 Å². The lowest BCUT2D eigenvalue weighted by Gasteiger charge is -2.14. The predicted molar refractivity (Wildman–Crippen MR) is 67.6 cm³/mol. The molecule has 0 spiro atoms. The van der Waals surface area contributed by atoms with Crippen molar-refractivity contribution >= 4 is 12.0 Å². The quantitative estimate of drug-likeness (QED) is 0.576. The van der Waals surface area contributed by atoms with E-state index in [-0.39, 0.29) is 6.42 Å². The molecule has 19 heavy (non-hydrogen) atoms. The Hall–Kier alpha value is -2.05. The number of aliphatic carboxylic acids is 1. The number of carboxylic acids is 1. The minimum absolute atomic E-state index is 0.186. The van der Waals surface area contributed by atoms with Crippen LogP contribution in [0, 0.1) is 5.92 Å². The van der Waals surface area contributed by atoms with Crippen molar-refractivity contribution in [3.63, 3.8) is 0 Å². The molecule has 1 fully saturated rings. The van der Waals surface area contributed by atoms with Gasteiger partial charge in [-0.1, -0.05) is 12.8 Å². The van der Waals surface area contributed by atoms with Gasteiger partial charge in [-0.05, 0) is 12.3 Å². The number of rotatable bonds is 7. The number of hydrogen-bond acceptors (Lipinski definition) is 3. The van der Waals surface area contributed by atoms with Crippen LogP contribution < -0.4 is 10.6 Å². The number of carbonyl (C=O) groups is 2. The van der Waals surface area contributed by atoms with Crippen molar-refractivity contribution < 1.29 is 14.7 Å². The van der Waals surface area contributed by atoms with E-state index in [9.17, 15) is 9.59 Å². The molecule has 7 heteroatoms. The number of imidazole rings is 1. The van der Waals surface area contributed by atoms with Crippen molar-refractivity contribution in [3.05, 3.63) is 18.2 Å². The minimum Gasteiger partial charge on any atom is -0.480 e. The number of amides is 2. The maximum atomic E-state index is 11.6. The van der Waals surface area contributed by atoms with Crippen LogP contribution in [-0.4, -0.2) is 39.7 Å². The van der Waals surface area contributed by atoms with Gasteiger partial charge in [0.2, 0.25) is 0 Å². The molecule has 1 aromatic heterocycles. The number of nitrogens with zero attached hydrogens (tertiary/aromatic N) is 1. The Bertz CT molecular complexity index is 428. The lowest BCUT2D eigenvalue weighted by atomic mass is 10.2. The first-order valence-electron chi connectivity index (χ1n) is 6.39. The summed E-state index contributed by atoms with van der Waals surface area (Å²) in [6.45, 7) is 0.590. The number of aromatic nitrogens is 2. The first kappa shape index (κ1) is 13.4. The summed E-state index contributed by atoms with van der Waals surface area (Å²) >= 11 is 0. The summed E-state index contributed by atoms with van der Waals surface area (Å²) in [6, 6.07) is -1.39. The molecule has 1 atom stereocenters. The molecule has 0 aliphatic heterocycles. The summed E-state index contributed by atoms with van der Waals surface area (Å²) in [7, 11) is 0. The lowest BCUT2D eigenvalue weighted by molar-refractivity contribution is -0.139. The van der Waals surface area contributed by atoms with Crippen LogP contribution >= 0.6 is 0 Å². The van der Waals surface area contributed by atoms with Gasteiger partial charge in [-0.25, -0.2) is 14.6 Å². The average Bonchev–Trinajstić information content (AvgIpc) is 3.03. The van der Waals surface area contributed by atoms with Gasteiger partial charge < -0.3 is 20.7 Å². The third-order valence-electron chi connectivity index (χ3n) is 3.12. The highest BCUT2D eigenvalue weighted by Gasteiger charge is 2.22. The molecule has 4 N–H and O–H groups in total. The highest BCUT2D eigenvalue weighted by molar-refractivity contribution is 5.82. The topological polar surface area (TPSA) is 107 Å². The number of carbonyl (C=O) groups excluding carboxylic acids is 1. The molecule has 2 amide bonds. The van der Waals surface area contributed by atoms with E-state index in [1.807, 2.05) is 0 Å². The Morgan fingerprint density at radius 2 is 2.32 bits per heavy atom. The van der Waals surface area contributed by atoms with E-state index in [1.165, 1.54) is 19.2 Å². The van der Waals surface area contributed by atoms with Gasteiger partial charge in [0.15, 0.2) is 0 Å². The zero-order valence-corrected chi connectivity index (χ0v) is 10.6. The van der Waals surface area contributed by atoms with Gasteiger partial charge in [-0.3, -0.25) is 0 Å². The number of hydrogen-bond donors (Lipinski definition) is 4. The van der Waals surface area contributed by atoms with Crippen molar-refractivity contribution in [2.24, 2.45) is 5.92 Å². The zero-order valence-electron chi connectivity index (χ0n) is 10.6. The van der Waals surface area contributed by atoms with E-state index in [4.69, 9.17) is 5.11 Å². The van der Waals surface area contributed by atoms with Crippen molar-refractivity contribution in [2.45, 2.75) is 31.7 Å². The predicted octanol–water partition coefficient (Wildman–Crippen LogP) is 0.505. The molecule has 1 heterocycles. The smallest absolute Gasteiger partial charge is 0.326 e. The Balaban J connectivity index is 1.74. The number of aromatic amines is 1. The second kappa shape index (κ2) is 6.21. The van der Waals surface area contributed by atoms with Gasteiger partial charge in [0, 0.05) is 24.9 Å². The molecular formula is C12H18N4O3. The molecule has 1 aromatic rings. The minimum atomic E-state index is -1.06. The Kier molecular flexibility index (Phi) is 4.38. The highest BCUT2D eigenvalue weighted by atomic mass is 16.4. The van der Waals surface area contributed by atoms with Crippen LogP contribution in [0.2, 0.25) is 0 Å². The normalized spacial score (nSPS) is 15.8. The standard InChI is InChI=1S/C12H18N4O3/c17-11(18)10(5-9-6-13-7-15-9)16-12(19)14-4-3-8-1-2-8/h6-8,10H,1-5H2,(H,13,15)(H,17,18)(H2,14,16,19). The molecule has 1 aliphatic carbocycles. The molecule has 2 rings (SSSR count). The van der Waals surface area contributed by atoms with Crippen LogP contribution in [0.3, 0.4) is 0 Å². The molecule has 7 nitrogen and oxygen atoms in total. The maximum Gasteiger partial charge on any atom is 0.326 e. The van der Waals surface area contributed by atoms with Crippen molar-refractivity contribution in [2.75, 3.05) is 6.54 Å². The van der Waals surface area contributed by atoms with Gasteiger partial charge in [-0.15, -0.1) is 0 Å². The first-order chi connectivity index (χ1) is 9.15. The third-order valence-corrected chi connectivity index (χ3v) is 3.12.